The van der Waals surface area contributed by atoms with E-state index < -0.39 is 16.6 Å². The van der Waals surface area contributed by atoms with Gasteiger partial charge < -0.3 is 19.7 Å². The Morgan fingerprint density at radius 2 is 1.17 bits per heavy atom. The third-order valence-electron chi connectivity index (χ3n) is 9.05. The SMILES string of the molecule is CCCCCCCCC=CCCCCCCCC1=S(CCCCCCC=CCCCCCCC(C)(C)CO)C(=O)OCC(CO)O1. The monoisotopic (exact) mass is 667 g/mol. The average Bonchev–Trinajstić information content (AvgIpc) is 3.20. The van der Waals surface area contributed by atoms with E-state index in [9.17, 15) is 15.0 Å². The minimum absolute atomic E-state index is 0.0699. The van der Waals surface area contributed by atoms with Gasteiger partial charge in [-0.2, -0.15) is 0 Å². The summed E-state index contributed by atoms with van der Waals surface area (Å²) < 4.78 is 11.7. The number of carbonyl (C=O) groups excluding carboxylic acids is 1. The fourth-order valence-electron chi connectivity index (χ4n) is 5.81. The van der Waals surface area contributed by atoms with Crippen LogP contribution in [-0.2, 0) is 9.47 Å². The molecule has 0 aliphatic carbocycles. The molecule has 46 heavy (non-hydrogen) atoms. The van der Waals surface area contributed by atoms with Crippen molar-refractivity contribution in [2.45, 2.75) is 187 Å². The molecule has 0 aromatic carbocycles. The van der Waals surface area contributed by atoms with Crippen molar-refractivity contribution < 1.29 is 24.5 Å². The molecule has 0 spiro atoms. The summed E-state index contributed by atoms with van der Waals surface area (Å²) in [5.74, 6) is 0.808. The van der Waals surface area contributed by atoms with E-state index in [1.807, 2.05) is 0 Å². The molecule has 1 aliphatic heterocycles. The fraction of sp³-hybridized carbons (Fsp3) is 0.850. The molecule has 5 nitrogen and oxygen atoms in total. The van der Waals surface area contributed by atoms with Crippen LogP contribution in [0.3, 0.4) is 0 Å². The standard InChI is InChI=1S/C40H74O5S/c1-4-5-6-7-8-9-10-11-12-13-16-19-22-25-28-31-38-45-37(34-41)35-44-39(43)46(38)33-30-27-24-21-18-15-14-17-20-23-26-29-32-40(2,3)36-42/h11-12,14-15,37,41-42H,4-10,13,16-36H2,1-3H3. The molecule has 2 unspecified atom stereocenters. The van der Waals surface area contributed by atoms with Crippen molar-refractivity contribution >= 4 is 20.8 Å². The Bertz CT molecular complexity index is 818. The van der Waals surface area contributed by atoms with Crippen molar-refractivity contribution in [2.24, 2.45) is 5.41 Å². The first-order chi connectivity index (χ1) is 22.4. The molecule has 0 bridgehead atoms. The number of hydrogen-bond donors (Lipinski definition) is 2. The normalized spacial score (nSPS) is 17.8. The summed E-state index contributed by atoms with van der Waals surface area (Å²) in [4.78, 5) is 12.8. The molecule has 0 saturated carbocycles. The van der Waals surface area contributed by atoms with Crippen molar-refractivity contribution in [3.63, 3.8) is 0 Å². The second-order valence-electron chi connectivity index (χ2n) is 14.2. The first-order valence-electron chi connectivity index (χ1n) is 19.4. The number of aliphatic hydroxyl groups excluding tert-OH is 2. The molecule has 0 amide bonds. The zero-order valence-electron chi connectivity index (χ0n) is 30.4. The van der Waals surface area contributed by atoms with Crippen LogP contribution in [-0.4, -0.2) is 52.2 Å². The van der Waals surface area contributed by atoms with Gasteiger partial charge in [-0.05, 0) is 82.5 Å². The first-order valence-corrected chi connectivity index (χ1v) is 20.7. The van der Waals surface area contributed by atoms with Gasteiger partial charge in [-0.3, -0.25) is 0 Å². The number of carbonyl (C=O) groups is 1. The molecule has 6 heteroatoms. The first kappa shape index (κ1) is 43.1. The summed E-state index contributed by atoms with van der Waals surface area (Å²) in [5, 5.41) is 19.8. The third-order valence-corrected chi connectivity index (χ3v) is 11.1. The summed E-state index contributed by atoms with van der Waals surface area (Å²) >= 11 is 0. The van der Waals surface area contributed by atoms with Crippen LogP contribution < -0.4 is 0 Å². The fourth-order valence-corrected chi connectivity index (χ4v) is 7.73. The lowest BCUT2D eigenvalue weighted by Crippen LogP contribution is -2.25. The number of unbranched alkanes of at least 4 members (excludes halogenated alkanes) is 19. The van der Waals surface area contributed by atoms with Crippen LogP contribution in [0.15, 0.2) is 24.3 Å². The van der Waals surface area contributed by atoms with Gasteiger partial charge in [-0.15, -0.1) is 0 Å². The van der Waals surface area contributed by atoms with Gasteiger partial charge in [-0.25, -0.2) is 4.79 Å². The Hall–Kier alpha value is -0.950. The lowest BCUT2D eigenvalue weighted by Gasteiger charge is -2.20. The second-order valence-corrected chi connectivity index (χ2v) is 16.2. The van der Waals surface area contributed by atoms with E-state index in [0.717, 1.165) is 55.7 Å². The zero-order chi connectivity index (χ0) is 33.6. The molecule has 2 N–H and O–H groups in total. The zero-order valence-corrected chi connectivity index (χ0v) is 31.2. The van der Waals surface area contributed by atoms with Crippen LogP contribution in [0.5, 0.6) is 0 Å². The number of ether oxygens (including phenoxy) is 2. The summed E-state index contributed by atoms with van der Waals surface area (Å²) in [6.45, 7) is 6.87. The molecule has 0 radical (unpaired) electrons. The van der Waals surface area contributed by atoms with Crippen molar-refractivity contribution in [3.05, 3.63) is 24.3 Å². The number of hydrogen-bond acceptors (Lipinski definition) is 5. The molecule has 0 saturated heterocycles. The van der Waals surface area contributed by atoms with Gasteiger partial charge in [0.25, 0.3) is 0 Å². The summed E-state index contributed by atoms with van der Waals surface area (Å²) in [7, 11) is -0.619. The van der Waals surface area contributed by atoms with Crippen molar-refractivity contribution in [3.8, 4) is 0 Å². The highest BCUT2D eigenvalue weighted by Crippen LogP contribution is 2.28. The lowest BCUT2D eigenvalue weighted by atomic mass is 9.88. The van der Waals surface area contributed by atoms with E-state index in [1.165, 1.54) is 116 Å². The Morgan fingerprint density at radius 1 is 0.696 bits per heavy atom. The Kier molecular flexibility index (Phi) is 28.2. The number of aliphatic hydroxyl groups is 2. The van der Waals surface area contributed by atoms with Crippen LogP contribution in [0.4, 0.5) is 4.79 Å². The van der Waals surface area contributed by atoms with Gasteiger partial charge in [-0.1, -0.05) is 139 Å². The van der Waals surface area contributed by atoms with E-state index >= 15 is 0 Å². The molecule has 1 aliphatic rings. The molecule has 2 atom stereocenters. The Labute approximate surface area is 287 Å². The summed E-state index contributed by atoms with van der Waals surface area (Å²) in [5.41, 5.74) is 0.0699. The van der Waals surface area contributed by atoms with Crippen molar-refractivity contribution in [1.29, 1.82) is 0 Å². The van der Waals surface area contributed by atoms with E-state index in [-0.39, 0.29) is 30.5 Å². The highest BCUT2D eigenvalue weighted by molar-refractivity contribution is 8.28. The van der Waals surface area contributed by atoms with Crippen LogP contribution in [0.2, 0.25) is 0 Å². The number of cyclic esters (lactones) is 1. The second kappa shape index (κ2) is 30.1. The van der Waals surface area contributed by atoms with Gasteiger partial charge in [0, 0.05) is 12.4 Å². The van der Waals surface area contributed by atoms with Gasteiger partial charge in [0.2, 0.25) is 0 Å². The summed E-state index contributed by atoms with van der Waals surface area (Å²) in [6.07, 6.45) is 39.2. The average molecular weight is 667 g/mol. The summed E-state index contributed by atoms with van der Waals surface area (Å²) in [6, 6.07) is 0. The highest BCUT2D eigenvalue weighted by Gasteiger charge is 2.25. The lowest BCUT2D eigenvalue weighted by molar-refractivity contribution is 0.0514. The van der Waals surface area contributed by atoms with Crippen LogP contribution in [0.25, 0.3) is 0 Å². The maximum atomic E-state index is 12.8. The molecule has 1 rings (SSSR count). The molecular formula is C40H74O5S. The van der Waals surface area contributed by atoms with E-state index in [4.69, 9.17) is 9.47 Å². The largest absolute Gasteiger partial charge is 0.455 e. The molecule has 0 aromatic heterocycles. The minimum atomic E-state index is -0.619. The Balaban J connectivity index is 2.21. The third kappa shape index (κ3) is 24.2. The maximum Gasteiger partial charge on any atom is 0.363 e. The maximum absolute atomic E-state index is 12.8. The van der Waals surface area contributed by atoms with Gasteiger partial charge in [0.05, 0.1) is 11.7 Å². The quantitative estimate of drug-likeness (QED) is 0.0333. The van der Waals surface area contributed by atoms with Crippen LogP contribution in [0, 0.1) is 5.41 Å². The van der Waals surface area contributed by atoms with E-state index in [2.05, 4.69) is 45.1 Å². The molecule has 0 fully saturated rings. The number of allylic oxidation sites excluding steroid dienone is 4. The van der Waals surface area contributed by atoms with Gasteiger partial charge in [0.1, 0.15) is 12.7 Å². The topological polar surface area (TPSA) is 76.0 Å². The molecule has 270 valence electrons. The predicted molar refractivity (Wildman–Crippen MR) is 201 cm³/mol. The molecule has 0 aromatic rings. The van der Waals surface area contributed by atoms with E-state index in [1.54, 1.807) is 0 Å². The van der Waals surface area contributed by atoms with Crippen LogP contribution >= 0.6 is 10.5 Å². The van der Waals surface area contributed by atoms with Gasteiger partial charge >= 0.3 is 5.30 Å². The van der Waals surface area contributed by atoms with Crippen LogP contribution in [0.1, 0.15) is 181 Å². The minimum Gasteiger partial charge on any atom is -0.455 e. The van der Waals surface area contributed by atoms with Crippen molar-refractivity contribution in [1.82, 2.24) is 0 Å². The van der Waals surface area contributed by atoms with Crippen molar-refractivity contribution in [2.75, 3.05) is 25.6 Å². The molecule has 1 heterocycles. The van der Waals surface area contributed by atoms with Gasteiger partial charge in [0.15, 0.2) is 0 Å². The molecular weight excluding hydrogens is 593 g/mol. The highest BCUT2D eigenvalue weighted by atomic mass is 32.2. The Morgan fingerprint density at radius 3 is 1.70 bits per heavy atom. The number of rotatable bonds is 31. The smallest absolute Gasteiger partial charge is 0.363 e. The van der Waals surface area contributed by atoms with E-state index in [0.29, 0.717) is 0 Å². The predicted octanol–water partition coefficient (Wildman–Crippen LogP) is 11.8.